The predicted octanol–water partition coefficient (Wildman–Crippen LogP) is 2.02. The molecule has 0 heterocycles. The molecule has 2 aromatic carbocycles. The molecular weight excluding hydrogens is 354 g/mol. The molecule has 2 rings (SSSR count). The van der Waals surface area contributed by atoms with Gasteiger partial charge in [-0.1, -0.05) is 12.1 Å². The first-order valence-corrected chi connectivity index (χ1v) is 8.17. The molecule has 7 nitrogen and oxygen atoms in total. The van der Waals surface area contributed by atoms with Crippen LogP contribution in [0.25, 0.3) is 0 Å². The molecule has 8 heteroatoms. The van der Waals surface area contributed by atoms with Crippen LogP contribution < -0.4 is 30.4 Å². The zero-order valence-electron chi connectivity index (χ0n) is 14.8. The molecule has 0 aliphatic heterocycles. The van der Waals surface area contributed by atoms with Crippen molar-refractivity contribution in [3.63, 3.8) is 0 Å². The Balaban J connectivity index is 1.83. The highest BCUT2D eigenvalue weighted by Crippen LogP contribution is 2.27. The van der Waals surface area contributed by atoms with E-state index in [-0.39, 0.29) is 5.91 Å². The highest BCUT2D eigenvalue weighted by molar-refractivity contribution is 7.80. The van der Waals surface area contributed by atoms with Crippen molar-refractivity contribution in [2.24, 2.45) is 0 Å². The summed E-state index contributed by atoms with van der Waals surface area (Å²) in [5, 5.41) is 3.30. The van der Waals surface area contributed by atoms with E-state index in [1.807, 2.05) is 24.3 Å². The van der Waals surface area contributed by atoms with Crippen molar-refractivity contribution >= 4 is 23.2 Å². The van der Waals surface area contributed by atoms with E-state index < -0.39 is 0 Å². The molecule has 0 atom stereocenters. The Bertz CT molecular complexity index is 766. The van der Waals surface area contributed by atoms with E-state index in [2.05, 4.69) is 16.2 Å². The minimum Gasteiger partial charge on any atom is -0.497 e. The average molecular weight is 375 g/mol. The highest BCUT2D eigenvalue weighted by atomic mass is 32.1. The molecule has 0 spiro atoms. The second-order valence-electron chi connectivity index (χ2n) is 5.18. The van der Waals surface area contributed by atoms with Gasteiger partial charge in [-0.15, -0.1) is 0 Å². The molecule has 3 N–H and O–H groups in total. The summed E-state index contributed by atoms with van der Waals surface area (Å²) in [5.41, 5.74) is 6.64. The summed E-state index contributed by atoms with van der Waals surface area (Å²) < 4.78 is 15.4. The van der Waals surface area contributed by atoms with E-state index in [4.69, 9.17) is 26.4 Å². The third-order valence-corrected chi connectivity index (χ3v) is 3.79. The van der Waals surface area contributed by atoms with Gasteiger partial charge in [0.2, 0.25) is 0 Å². The maximum atomic E-state index is 12.2. The zero-order valence-corrected chi connectivity index (χ0v) is 15.6. The van der Waals surface area contributed by atoms with Crippen LogP contribution >= 0.6 is 12.2 Å². The van der Waals surface area contributed by atoms with Gasteiger partial charge in [0, 0.05) is 12.1 Å². The Morgan fingerprint density at radius 2 is 1.62 bits per heavy atom. The second kappa shape index (κ2) is 9.47. The fraction of sp³-hybridized carbons (Fsp3) is 0.222. The van der Waals surface area contributed by atoms with E-state index in [9.17, 15) is 4.79 Å². The monoisotopic (exact) mass is 375 g/mol. The molecule has 2 aromatic rings. The van der Waals surface area contributed by atoms with Crippen LogP contribution in [0.15, 0.2) is 42.5 Å². The number of benzene rings is 2. The van der Waals surface area contributed by atoms with Crippen molar-refractivity contribution < 1.29 is 19.0 Å². The van der Waals surface area contributed by atoms with E-state index in [0.717, 1.165) is 11.3 Å². The van der Waals surface area contributed by atoms with Crippen LogP contribution in [0, 0.1) is 0 Å². The third-order valence-electron chi connectivity index (χ3n) is 3.55. The Labute approximate surface area is 157 Å². The summed E-state index contributed by atoms with van der Waals surface area (Å²) in [5.74, 6) is 1.46. The standard InChI is InChI=1S/C18H21N3O4S/c1-23-14-7-4-12(5-8-14)11-19-18(26)21-20-17(22)13-6-9-15(24-2)16(10-13)25-3/h4-10H,11H2,1-3H3,(H,20,22)(H2,19,21,26). The lowest BCUT2D eigenvalue weighted by atomic mass is 10.2. The number of nitrogens with one attached hydrogen (secondary N) is 3. The van der Waals surface area contributed by atoms with Crippen LogP contribution in [0.2, 0.25) is 0 Å². The lowest BCUT2D eigenvalue weighted by molar-refractivity contribution is 0.0943. The highest BCUT2D eigenvalue weighted by Gasteiger charge is 2.10. The fourth-order valence-corrected chi connectivity index (χ4v) is 2.26. The Morgan fingerprint density at radius 1 is 0.923 bits per heavy atom. The predicted molar refractivity (Wildman–Crippen MR) is 103 cm³/mol. The second-order valence-corrected chi connectivity index (χ2v) is 5.59. The lowest BCUT2D eigenvalue weighted by Gasteiger charge is -2.13. The van der Waals surface area contributed by atoms with Crippen molar-refractivity contribution in [3.05, 3.63) is 53.6 Å². The molecule has 0 aliphatic rings. The van der Waals surface area contributed by atoms with E-state index in [1.54, 1.807) is 25.3 Å². The maximum Gasteiger partial charge on any atom is 0.269 e. The number of rotatable bonds is 6. The summed E-state index contributed by atoms with van der Waals surface area (Å²) in [7, 11) is 4.66. The van der Waals surface area contributed by atoms with Gasteiger partial charge < -0.3 is 19.5 Å². The summed E-state index contributed by atoms with van der Waals surface area (Å²) in [6.45, 7) is 0.516. The van der Waals surface area contributed by atoms with Gasteiger partial charge in [0.1, 0.15) is 5.75 Å². The number of methoxy groups -OCH3 is 3. The molecule has 0 radical (unpaired) electrons. The number of carbonyl (C=O) groups excluding carboxylic acids is 1. The average Bonchev–Trinajstić information content (AvgIpc) is 2.70. The number of hydrogen-bond donors (Lipinski definition) is 3. The van der Waals surface area contributed by atoms with Crippen LogP contribution in [-0.2, 0) is 6.54 Å². The van der Waals surface area contributed by atoms with Gasteiger partial charge in [-0.2, -0.15) is 0 Å². The molecule has 1 amide bonds. The van der Waals surface area contributed by atoms with E-state index in [1.165, 1.54) is 14.2 Å². The molecule has 0 aliphatic carbocycles. The zero-order chi connectivity index (χ0) is 18.9. The number of carbonyl (C=O) groups is 1. The van der Waals surface area contributed by atoms with Crippen LogP contribution in [-0.4, -0.2) is 32.3 Å². The summed E-state index contributed by atoms with van der Waals surface area (Å²) >= 11 is 5.15. The molecule has 138 valence electrons. The molecule has 0 saturated heterocycles. The Morgan fingerprint density at radius 3 is 2.23 bits per heavy atom. The smallest absolute Gasteiger partial charge is 0.269 e. The van der Waals surface area contributed by atoms with Gasteiger partial charge in [0.25, 0.3) is 5.91 Å². The van der Waals surface area contributed by atoms with E-state index in [0.29, 0.717) is 28.7 Å². The van der Waals surface area contributed by atoms with Gasteiger partial charge in [-0.25, -0.2) is 0 Å². The molecule has 0 bridgehead atoms. The molecular formula is C18H21N3O4S. The van der Waals surface area contributed by atoms with Gasteiger partial charge in [0.15, 0.2) is 16.6 Å². The van der Waals surface area contributed by atoms with Crippen LogP contribution in [0.3, 0.4) is 0 Å². The van der Waals surface area contributed by atoms with Crippen LogP contribution in [0.4, 0.5) is 0 Å². The van der Waals surface area contributed by atoms with E-state index >= 15 is 0 Å². The SMILES string of the molecule is COc1ccc(CNC(=S)NNC(=O)c2ccc(OC)c(OC)c2)cc1. The van der Waals surface area contributed by atoms with Crippen molar-refractivity contribution in [2.75, 3.05) is 21.3 Å². The minimum atomic E-state index is -0.348. The molecule has 26 heavy (non-hydrogen) atoms. The van der Waals surface area contributed by atoms with Gasteiger partial charge in [-0.3, -0.25) is 15.6 Å². The van der Waals surface area contributed by atoms with Crippen LogP contribution in [0.1, 0.15) is 15.9 Å². The third kappa shape index (κ3) is 5.25. The number of amides is 1. The Kier molecular flexibility index (Phi) is 7.04. The summed E-state index contributed by atoms with van der Waals surface area (Å²) in [4.78, 5) is 12.2. The first kappa shape index (κ1) is 19.3. The quantitative estimate of drug-likeness (QED) is 0.526. The molecule has 0 aromatic heterocycles. The Hall–Kier alpha value is -3.00. The lowest BCUT2D eigenvalue weighted by Crippen LogP contribution is -2.46. The molecule has 0 saturated carbocycles. The van der Waals surface area contributed by atoms with Crippen molar-refractivity contribution in [3.8, 4) is 17.2 Å². The van der Waals surface area contributed by atoms with Gasteiger partial charge in [-0.05, 0) is 48.1 Å². The first-order chi connectivity index (χ1) is 12.6. The molecule has 0 fully saturated rings. The normalized spacial score (nSPS) is 9.81. The van der Waals surface area contributed by atoms with Gasteiger partial charge in [0.05, 0.1) is 21.3 Å². The summed E-state index contributed by atoms with van der Waals surface area (Å²) in [6.07, 6.45) is 0. The summed E-state index contributed by atoms with van der Waals surface area (Å²) in [6, 6.07) is 12.5. The molecule has 0 unspecified atom stereocenters. The fourth-order valence-electron chi connectivity index (χ4n) is 2.13. The van der Waals surface area contributed by atoms with Crippen molar-refractivity contribution in [1.82, 2.24) is 16.2 Å². The number of hydrogen-bond acceptors (Lipinski definition) is 5. The first-order valence-electron chi connectivity index (χ1n) is 7.76. The number of ether oxygens (including phenoxy) is 3. The largest absolute Gasteiger partial charge is 0.497 e. The number of hydrazine groups is 1. The van der Waals surface area contributed by atoms with Crippen LogP contribution in [0.5, 0.6) is 17.2 Å². The topological polar surface area (TPSA) is 80.9 Å². The van der Waals surface area contributed by atoms with Crippen molar-refractivity contribution in [2.45, 2.75) is 6.54 Å². The maximum absolute atomic E-state index is 12.2. The van der Waals surface area contributed by atoms with Gasteiger partial charge >= 0.3 is 0 Å². The minimum absolute atomic E-state index is 0.301. The number of thiocarbonyl (C=S) groups is 1. The van der Waals surface area contributed by atoms with Crippen molar-refractivity contribution in [1.29, 1.82) is 0 Å².